The molecule has 7 rings (SSSR count). The molecule has 3 heterocycles. The summed E-state index contributed by atoms with van der Waals surface area (Å²) in [4.78, 5) is 124. The maximum Gasteiger partial charge on any atom is 0.418 e. The van der Waals surface area contributed by atoms with Gasteiger partial charge in [0.2, 0.25) is 29.5 Å². The number of carboxylic acid groups (broad SMARTS) is 3. The number of alkyl halides is 5. The van der Waals surface area contributed by atoms with E-state index in [-0.39, 0.29) is 121 Å². The molecule has 2 aliphatic rings. The zero-order valence-electron chi connectivity index (χ0n) is 56.5. The van der Waals surface area contributed by atoms with Crippen LogP contribution in [0.15, 0.2) is 76.7 Å². The van der Waals surface area contributed by atoms with Crippen LogP contribution >= 0.6 is 0 Å². The van der Waals surface area contributed by atoms with Crippen LogP contribution < -0.4 is 37.6 Å². The number of nitrogens with two attached hydrogens (primary N) is 1. The van der Waals surface area contributed by atoms with Gasteiger partial charge in [0.25, 0.3) is 32.1 Å². The normalized spacial score (nSPS) is 16.2. The van der Waals surface area contributed by atoms with E-state index in [9.17, 15) is 117 Å². The fourth-order valence-electron chi connectivity index (χ4n) is 11.7. The van der Waals surface area contributed by atoms with Crippen LogP contribution in [0.25, 0.3) is 21.9 Å². The third-order valence-electron chi connectivity index (χ3n) is 17.1. The highest BCUT2D eigenvalue weighted by Gasteiger charge is 2.47. The summed E-state index contributed by atoms with van der Waals surface area (Å²) in [5.74, 6) is -13.0. The lowest BCUT2D eigenvalue weighted by Crippen LogP contribution is -2.49. The van der Waals surface area contributed by atoms with Gasteiger partial charge >= 0.3 is 24.1 Å². The number of likely N-dealkylation sites (tertiary alicyclic amines) is 1. The van der Waals surface area contributed by atoms with Gasteiger partial charge in [0.1, 0.15) is 27.6 Å². The number of fused-ring (bicyclic) bond motifs is 1. The average Bonchev–Trinajstić information content (AvgIpc) is 1.34. The molecule has 2 aliphatic heterocycles. The van der Waals surface area contributed by atoms with Crippen LogP contribution in [0.1, 0.15) is 71.3 Å². The first-order chi connectivity index (χ1) is 49.2. The summed E-state index contributed by atoms with van der Waals surface area (Å²) in [5, 5.41) is 64.0. The number of rotatable bonds is 29. The number of benzene rings is 4. The molecule has 105 heavy (non-hydrogen) atoms. The number of carbonyl (C=O) groups is 9. The molecular weight excluding hydrogens is 1440 g/mol. The molecule has 1 unspecified atom stereocenters. The van der Waals surface area contributed by atoms with Crippen molar-refractivity contribution in [1.82, 2.24) is 50.8 Å². The van der Waals surface area contributed by atoms with Crippen molar-refractivity contribution >= 4 is 107 Å². The number of aryl methyl sites for hydroxylation is 2. The van der Waals surface area contributed by atoms with E-state index in [1.807, 2.05) is 5.32 Å². The first-order valence-corrected chi connectivity index (χ1v) is 35.2. The molecule has 1 aromatic heterocycles. The van der Waals surface area contributed by atoms with Gasteiger partial charge < -0.3 is 63.0 Å². The van der Waals surface area contributed by atoms with E-state index in [4.69, 9.17) is 5.73 Å². The van der Waals surface area contributed by atoms with Crippen LogP contribution in [-0.2, 0) is 71.3 Å². The second-order valence-electron chi connectivity index (χ2n) is 25.0. The summed E-state index contributed by atoms with van der Waals surface area (Å²) in [6.45, 7) is 0.574. The van der Waals surface area contributed by atoms with Crippen LogP contribution in [0, 0.1) is 25.2 Å². The molecule has 5 aromatic rings. The third-order valence-corrected chi connectivity index (χ3v) is 18.9. The lowest BCUT2D eigenvalue weighted by molar-refractivity contribution is -0.140. The summed E-state index contributed by atoms with van der Waals surface area (Å²) < 4.78 is 139. The number of phenols is 1. The molecule has 0 saturated carbocycles. The molecule has 2 atom stereocenters. The smallest absolute Gasteiger partial charge is 0.418 e. The van der Waals surface area contributed by atoms with Crippen LogP contribution in [0.2, 0.25) is 0 Å². The highest BCUT2D eigenvalue weighted by atomic mass is 32.2. The highest BCUT2D eigenvalue weighted by molar-refractivity contribution is 7.87. The molecule has 33 nitrogen and oxygen atoms in total. The van der Waals surface area contributed by atoms with Crippen LogP contribution in [0.3, 0.4) is 0 Å². The molecule has 4 aromatic carbocycles. The SMILES string of the molecule is Cc1cc(-c2ccc(Nc3ccc4c(S(=O)(=O)O)cc(S(=O)(=O)O)c(N)c4c3O)c(C)c2)ccc1NC(=O)C(CCCCNC(=O)CN1CCN(CC(=O)O)CCN(CC(=O)O)CCN(CC(=O)O)CC1)NC(=O)CCC(=O)NCc1cc(C(=O)NCC(=O)N2CC(F)(F)C[C@H]2C#N)c(C(F)(F)F)cn1. The number of nitrogens with one attached hydrogen (secondary N) is 6. The number of pyridine rings is 1. The van der Waals surface area contributed by atoms with Crippen molar-refractivity contribution in [3.05, 3.63) is 94.8 Å². The van der Waals surface area contributed by atoms with Crippen molar-refractivity contribution in [3.8, 4) is 22.9 Å². The maximum atomic E-state index is 14.3. The topological polar surface area (TPSA) is 494 Å². The third kappa shape index (κ3) is 23.6. The minimum Gasteiger partial charge on any atom is -0.505 e. The summed E-state index contributed by atoms with van der Waals surface area (Å²) in [5.41, 5.74) is 5.38. The second-order valence-corrected chi connectivity index (χ2v) is 27.7. The van der Waals surface area contributed by atoms with Gasteiger partial charge in [-0.1, -0.05) is 18.2 Å². The number of nitriles is 1. The van der Waals surface area contributed by atoms with E-state index < -0.39 is 174 Å². The van der Waals surface area contributed by atoms with Gasteiger partial charge in [0, 0.05) is 101 Å². The van der Waals surface area contributed by atoms with Gasteiger partial charge in [-0.2, -0.15) is 35.3 Å². The first kappa shape index (κ1) is 82.0. The number of hydrogen-bond acceptors (Lipinski definition) is 22. The first-order valence-electron chi connectivity index (χ1n) is 32.3. The zero-order chi connectivity index (χ0) is 77.5. The van der Waals surface area contributed by atoms with E-state index in [0.717, 1.165) is 6.07 Å². The Morgan fingerprint density at radius 1 is 0.686 bits per heavy atom. The summed E-state index contributed by atoms with van der Waals surface area (Å²) in [6, 6.07) is 12.2. The lowest BCUT2D eigenvalue weighted by atomic mass is 9.99. The predicted molar refractivity (Wildman–Crippen MR) is 364 cm³/mol. The minimum absolute atomic E-state index is 0.0505. The number of nitrogens with zero attached hydrogens (tertiary/aromatic N) is 7. The number of aromatic nitrogens is 1. The second kappa shape index (κ2) is 35.5. The summed E-state index contributed by atoms with van der Waals surface area (Å²) in [6.07, 6.45) is -6.59. The molecule has 6 amide bonds. The Bertz CT molecular complexity index is 4400. The van der Waals surface area contributed by atoms with Gasteiger partial charge in [0.15, 0.2) is 0 Å². The fourth-order valence-corrected chi connectivity index (χ4v) is 13.1. The molecule has 14 N–H and O–H groups in total. The number of aliphatic carboxylic acids is 3. The maximum absolute atomic E-state index is 14.3. The number of hydrogen-bond donors (Lipinski definition) is 13. The molecule has 568 valence electrons. The van der Waals surface area contributed by atoms with Crippen molar-refractivity contribution in [2.24, 2.45) is 0 Å². The number of unbranched alkanes of at least 4 members (excludes halogenated alkanes) is 1. The largest absolute Gasteiger partial charge is 0.505 e. The number of amides is 6. The number of nitrogen functional groups attached to an aromatic ring is 1. The van der Waals surface area contributed by atoms with Crippen molar-refractivity contribution in [2.75, 3.05) is 115 Å². The van der Waals surface area contributed by atoms with Crippen molar-refractivity contribution in [3.63, 3.8) is 0 Å². The Morgan fingerprint density at radius 3 is 1.72 bits per heavy atom. The van der Waals surface area contributed by atoms with E-state index >= 15 is 0 Å². The summed E-state index contributed by atoms with van der Waals surface area (Å²) >= 11 is 0. The van der Waals surface area contributed by atoms with Gasteiger partial charge in [-0.05, 0) is 97.8 Å². The number of carboxylic acids is 3. The quantitative estimate of drug-likeness (QED) is 0.0108. The van der Waals surface area contributed by atoms with Crippen molar-refractivity contribution < 1.29 is 111 Å². The molecule has 0 bridgehead atoms. The fraction of sp³-hybridized carbons (Fsp3) is 0.431. The van der Waals surface area contributed by atoms with Gasteiger partial charge in [-0.25, -0.2) is 8.78 Å². The molecule has 2 fully saturated rings. The predicted octanol–water partition coefficient (Wildman–Crippen LogP) is 2.83. The van der Waals surface area contributed by atoms with E-state index in [1.165, 1.54) is 6.07 Å². The van der Waals surface area contributed by atoms with Crippen LogP contribution in [0.5, 0.6) is 5.75 Å². The van der Waals surface area contributed by atoms with Crippen LogP contribution in [0.4, 0.5) is 44.7 Å². The van der Waals surface area contributed by atoms with E-state index in [1.54, 1.807) is 75.9 Å². The summed E-state index contributed by atoms with van der Waals surface area (Å²) in [7, 11) is -10.3. The minimum atomic E-state index is -5.17. The average molecular weight is 1520 g/mol. The monoisotopic (exact) mass is 1520 g/mol. The Labute approximate surface area is 597 Å². The van der Waals surface area contributed by atoms with E-state index in [0.29, 0.717) is 56.9 Å². The van der Waals surface area contributed by atoms with Crippen molar-refractivity contribution in [2.45, 2.75) is 92.9 Å². The molecule has 0 radical (unpaired) electrons. The van der Waals surface area contributed by atoms with E-state index in [2.05, 4.69) is 31.6 Å². The molecular formula is C65H77F5N14O19S2. The Morgan fingerprint density at radius 2 is 1.21 bits per heavy atom. The number of anilines is 4. The number of phenolic OH excluding ortho intramolecular Hbond substituents is 1. The Balaban J connectivity index is 1.02. The molecule has 40 heteroatoms. The lowest BCUT2D eigenvalue weighted by Gasteiger charge is -2.32. The standard InChI is InChI=1S/C65H77F5N14O19S2/c1-37-23-39(6-9-46(37)77-48-11-8-43-50(104(98,99)100)26-51(105(101,102)103)60(72)59(43)61(48)95)40-7-10-47(38(2)24-40)79-63(97)49(5-3-4-14-73-54(87)32-80-15-17-81(33-56(89)90)19-21-83(35-58(93)94)22-20-82(18-16-80)34-57(91)92)78-53(86)13-12-52(85)75-29-41-25-44(45(30-74-41)65(68,69)70)62(96)76-31-55(88)84-36-64(66,67)27-42(84)28-71/h6-11,23-26,30,42,49,77,95H,3-5,12-22,27,29,31-36,72H2,1-2H3,(H,73,87)(H,75,85)(H,76,96)(H,78,86)(H,79,97)(H,89,90)(H,91,92)(H,93,94)(H,98,99,100)(H,101,102,103)/t42-,49?/m0/s1. The van der Waals surface area contributed by atoms with Gasteiger partial charge in [-0.3, -0.25) is 76.8 Å². The van der Waals surface area contributed by atoms with Gasteiger partial charge in [0.05, 0.1) is 85.5 Å². The Kier molecular flexibility index (Phi) is 27.7. The Hall–Kier alpha value is -10.3. The number of carbonyl (C=O) groups excluding carboxylic acids is 6. The molecule has 0 aliphatic carbocycles. The molecule has 2 saturated heterocycles. The van der Waals surface area contributed by atoms with Crippen LogP contribution in [-0.4, -0.2) is 245 Å². The highest BCUT2D eigenvalue weighted by Crippen LogP contribution is 2.44. The van der Waals surface area contributed by atoms with Gasteiger partial charge in [-0.15, -0.1) is 0 Å². The number of halogens is 5. The molecule has 0 spiro atoms. The number of aromatic hydroxyl groups is 1. The zero-order valence-corrected chi connectivity index (χ0v) is 58.1. The van der Waals surface area contributed by atoms with Crippen molar-refractivity contribution in [1.29, 1.82) is 5.26 Å².